The smallest absolute Gasteiger partial charge is 0.251 e. The van der Waals surface area contributed by atoms with Gasteiger partial charge in [0.1, 0.15) is 0 Å². The number of hydrogen-bond acceptors (Lipinski definition) is 5. The number of rotatable bonds is 6. The number of morpholine rings is 1. The van der Waals surface area contributed by atoms with Crippen molar-refractivity contribution in [3.63, 3.8) is 0 Å². The zero-order chi connectivity index (χ0) is 22.7. The maximum atomic E-state index is 13.1. The summed E-state index contributed by atoms with van der Waals surface area (Å²) in [7, 11) is -3.53. The van der Waals surface area contributed by atoms with E-state index in [0.717, 1.165) is 41.8 Å². The lowest BCUT2D eigenvalue weighted by molar-refractivity contribution is 0.0730. The van der Waals surface area contributed by atoms with Crippen molar-refractivity contribution in [1.29, 1.82) is 0 Å². The SMILES string of the molecule is CC(C)NC(=O)c1cccc2c1CCCN2Cc1cccc(S(=O)(=O)N2CCOCC2)c1. The first kappa shape index (κ1) is 22.8. The Morgan fingerprint density at radius 3 is 2.59 bits per heavy atom. The second kappa shape index (κ2) is 9.60. The number of nitrogens with zero attached hydrogens (tertiary/aromatic N) is 2. The highest BCUT2D eigenvalue weighted by molar-refractivity contribution is 7.89. The predicted molar refractivity (Wildman–Crippen MR) is 124 cm³/mol. The van der Waals surface area contributed by atoms with Crippen LogP contribution in [0.4, 0.5) is 5.69 Å². The average molecular weight is 458 g/mol. The van der Waals surface area contributed by atoms with E-state index in [1.807, 2.05) is 32.0 Å². The Bertz CT molecular complexity index is 1080. The Morgan fingerprint density at radius 2 is 1.84 bits per heavy atom. The van der Waals surface area contributed by atoms with Crippen LogP contribution in [0.15, 0.2) is 47.4 Å². The zero-order valence-electron chi connectivity index (χ0n) is 18.7. The van der Waals surface area contributed by atoms with Gasteiger partial charge >= 0.3 is 0 Å². The highest BCUT2D eigenvalue weighted by atomic mass is 32.2. The van der Waals surface area contributed by atoms with Crippen molar-refractivity contribution in [1.82, 2.24) is 9.62 Å². The number of nitrogens with one attached hydrogen (secondary N) is 1. The Balaban J connectivity index is 1.58. The molecule has 172 valence electrons. The molecule has 0 radical (unpaired) electrons. The number of carbonyl (C=O) groups is 1. The van der Waals surface area contributed by atoms with Gasteiger partial charge in [0.15, 0.2) is 0 Å². The molecule has 2 aliphatic rings. The van der Waals surface area contributed by atoms with Gasteiger partial charge in [-0.15, -0.1) is 0 Å². The molecule has 0 aromatic heterocycles. The molecule has 4 rings (SSSR count). The van der Waals surface area contributed by atoms with Gasteiger partial charge in [0.05, 0.1) is 18.1 Å². The summed E-state index contributed by atoms with van der Waals surface area (Å²) < 4.78 is 32.9. The van der Waals surface area contributed by atoms with Gasteiger partial charge in [-0.2, -0.15) is 4.31 Å². The molecule has 0 aliphatic carbocycles. The summed E-state index contributed by atoms with van der Waals surface area (Å²) >= 11 is 0. The number of carbonyl (C=O) groups excluding carboxylic acids is 1. The summed E-state index contributed by atoms with van der Waals surface area (Å²) in [4.78, 5) is 15.2. The standard InChI is InChI=1S/C24H31N3O4S/c1-18(2)25-24(28)22-8-4-10-23-21(22)9-5-11-26(23)17-19-6-3-7-20(16-19)32(29,30)27-12-14-31-15-13-27/h3-4,6-8,10,16,18H,5,9,11-15,17H2,1-2H3,(H,25,28). The molecule has 1 N–H and O–H groups in total. The summed E-state index contributed by atoms with van der Waals surface area (Å²) in [5.74, 6) is -0.0442. The first-order chi connectivity index (χ1) is 15.4. The molecule has 0 bridgehead atoms. The third-order valence-corrected chi connectivity index (χ3v) is 7.79. The van der Waals surface area contributed by atoms with E-state index in [1.165, 1.54) is 4.31 Å². The van der Waals surface area contributed by atoms with E-state index in [2.05, 4.69) is 16.3 Å². The molecule has 32 heavy (non-hydrogen) atoms. The monoisotopic (exact) mass is 457 g/mol. The van der Waals surface area contributed by atoms with E-state index in [4.69, 9.17) is 4.74 Å². The fourth-order valence-electron chi connectivity index (χ4n) is 4.38. The first-order valence-electron chi connectivity index (χ1n) is 11.2. The van der Waals surface area contributed by atoms with Crippen molar-refractivity contribution >= 4 is 21.6 Å². The molecular formula is C24H31N3O4S. The van der Waals surface area contributed by atoms with Gasteiger partial charge in [-0.3, -0.25) is 4.79 Å². The lowest BCUT2D eigenvalue weighted by Crippen LogP contribution is -2.40. The van der Waals surface area contributed by atoms with Gasteiger partial charge in [0, 0.05) is 43.5 Å². The number of hydrogen-bond donors (Lipinski definition) is 1. The van der Waals surface area contributed by atoms with E-state index in [0.29, 0.717) is 37.7 Å². The summed E-state index contributed by atoms with van der Waals surface area (Å²) in [5.41, 5.74) is 3.77. The molecule has 2 aromatic carbocycles. The summed E-state index contributed by atoms with van der Waals surface area (Å²) in [6.45, 7) is 6.99. The van der Waals surface area contributed by atoms with Crippen LogP contribution < -0.4 is 10.2 Å². The van der Waals surface area contributed by atoms with Crippen molar-refractivity contribution < 1.29 is 17.9 Å². The largest absolute Gasteiger partial charge is 0.379 e. The van der Waals surface area contributed by atoms with Crippen molar-refractivity contribution in [2.45, 2.75) is 44.2 Å². The maximum absolute atomic E-state index is 13.1. The van der Waals surface area contributed by atoms with Gasteiger partial charge in [0.25, 0.3) is 5.91 Å². The van der Waals surface area contributed by atoms with Crippen LogP contribution in [0, 0.1) is 0 Å². The number of benzene rings is 2. The van der Waals surface area contributed by atoms with Crippen molar-refractivity contribution in [2.75, 3.05) is 37.7 Å². The van der Waals surface area contributed by atoms with Gasteiger partial charge < -0.3 is 15.0 Å². The Kier molecular flexibility index (Phi) is 6.83. The van der Waals surface area contributed by atoms with Gasteiger partial charge in [0.2, 0.25) is 10.0 Å². The van der Waals surface area contributed by atoms with Crippen LogP contribution in [0.5, 0.6) is 0 Å². The molecule has 0 atom stereocenters. The minimum Gasteiger partial charge on any atom is -0.379 e. The van der Waals surface area contributed by atoms with Crippen molar-refractivity contribution in [3.05, 3.63) is 59.2 Å². The van der Waals surface area contributed by atoms with Crippen LogP contribution >= 0.6 is 0 Å². The molecule has 7 nitrogen and oxygen atoms in total. The van der Waals surface area contributed by atoms with E-state index in [9.17, 15) is 13.2 Å². The second-order valence-electron chi connectivity index (χ2n) is 8.62. The first-order valence-corrected chi connectivity index (χ1v) is 12.6. The van der Waals surface area contributed by atoms with E-state index >= 15 is 0 Å². The Labute approximate surface area is 190 Å². The summed E-state index contributed by atoms with van der Waals surface area (Å²) in [6.07, 6.45) is 1.81. The molecule has 1 amide bonds. The van der Waals surface area contributed by atoms with Gasteiger partial charge in [-0.25, -0.2) is 8.42 Å². The van der Waals surface area contributed by atoms with E-state index < -0.39 is 10.0 Å². The topological polar surface area (TPSA) is 79.0 Å². The lowest BCUT2D eigenvalue weighted by atomic mass is 9.95. The summed E-state index contributed by atoms with van der Waals surface area (Å²) in [6, 6.07) is 13.1. The predicted octanol–water partition coefficient (Wildman–Crippen LogP) is 2.80. The number of amides is 1. The number of ether oxygens (including phenoxy) is 1. The molecule has 0 unspecified atom stereocenters. The van der Waals surface area contributed by atoms with Crippen LogP contribution in [-0.4, -0.2) is 57.5 Å². The second-order valence-corrected chi connectivity index (χ2v) is 10.6. The molecule has 0 spiro atoms. The quantitative estimate of drug-likeness (QED) is 0.722. The van der Waals surface area contributed by atoms with Crippen LogP contribution in [0.25, 0.3) is 0 Å². The highest BCUT2D eigenvalue weighted by Crippen LogP contribution is 2.31. The average Bonchev–Trinajstić information content (AvgIpc) is 2.79. The third-order valence-electron chi connectivity index (χ3n) is 5.89. The number of sulfonamides is 1. The minimum absolute atomic E-state index is 0.0442. The molecule has 0 saturated carbocycles. The molecule has 2 aromatic rings. The zero-order valence-corrected chi connectivity index (χ0v) is 19.5. The Morgan fingerprint density at radius 1 is 1.09 bits per heavy atom. The number of anilines is 1. The third kappa shape index (κ3) is 4.82. The van der Waals surface area contributed by atoms with Crippen molar-refractivity contribution in [3.8, 4) is 0 Å². The lowest BCUT2D eigenvalue weighted by Gasteiger charge is -2.33. The van der Waals surface area contributed by atoms with Gasteiger partial charge in [-0.05, 0) is 62.1 Å². The van der Waals surface area contributed by atoms with Crippen molar-refractivity contribution in [2.24, 2.45) is 0 Å². The molecule has 8 heteroatoms. The fourth-order valence-corrected chi connectivity index (χ4v) is 5.86. The summed E-state index contributed by atoms with van der Waals surface area (Å²) in [5, 5.41) is 2.99. The molecular weight excluding hydrogens is 426 g/mol. The fraction of sp³-hybridized carbons (Fsp3) is 0.458. The van der Waals surface area contributed by atoms with E-state index in [1.54, 1.807) is 18.2 Å². The van der Waals surface area contributed by atoms with Crippen LogP contribution in [-0.2, 0) is 27.7 Å². The van der Waals surface area contributed by atoms with Crippen LogP contribution in [0.3, 0.4) is 0 Å². The van der Waals surface area contributed by atoms with Gasteiger partial charge in [-0.1, -0.05) is 18.2 Å². The normalized spacial score (nSPS) is 17.3. The number of fused-ring (bicyclic) bond motifs is 1. The van der Waals surface area contributed by atoms with Crippen LogP contribution in [0.1, 0.15) is 41.8 Å². The maximum Gasteiger partial charge on any atom is 0.251 e. The highest BCUT2D eigenvalue weighted by Gasteiger charge is 2.27. The van der Waals surface area contributed by atoms with Crippen LogP contribution in [0.2, 0.25) is 0 Å². The molecule has 1 fully saturated rings. The molecule has 2 heterocycles. The Hall–Kier alpha value is -2.42. The molecule has 1 saturated heterocycles. The minimum atomic E-state index is -3.53. The van der Waals surface area contributed by atoms with E-state index in [-0.39, 0.29) is 11.9 Å². The molecule has 2 aliphatic heterocycles.